The standard InChI is InChI=1S/C12H23N3O/c1-15(9-10-4-2-3-5-10)12(16)11-8-13-6-7-14-11/h10-11,13-14H,2-9H2,1H3. The summed E-state index contributed by atoms with van der Waals surface area (Å²) in [6.45, 7) is 3.58. The summed E-state index contributed by atoms with van der Waals surface area (Å²) in [6.07, 6.45) is 5.29. The molecule has 2 rings (SSSR count). The Morgan fingerprint density at radius 3 is 2.69 bits per heavy atom. The van der Waals surface area contributed by atoms with Gasteiger partial charge in [0.05, 0.1) is 6.04 Å². The Morgan fingerprint density at radius 1 is 1.31 bits per heavy atom. The van der Waals surface area contributed by atoms with E-state index in [4.69, 9.17) is 0 Å². The van der Waals surface area contributed by atoms with E-state index in [1.807, 2.05) is 11.9 Å². The van der Waals surface area contributed by atoms with Crippen LogP contribution in [0.4, 0.5) is 0 Å². The lowest BCUT2D eigenvalue weighted by atomic mass is 10.1. The van der Waals surface area contributed by atoms with E-state index in [0.717, 1.165) is 32.1 Å². The average Bonchev–Trinajstić information content (AvgIpc) is 2.82. The summed E-state index contributed by atoms with van der Waals surface area (Å²) in [7, 11) is 1.94. The summed E-state index contributed by atoms with van der Waals surface area (Å²) in [6, 6.07) is -0.0137. The van der Waals surface area contributed by atoms with Gasteiger partial charge in [-0.3, -0.25) is 4.79 Å². The van der Waals surface area contributed by atoms with Gasteiger partial charge in [-0.2, -0.15) is 0 Å². The molecule has 92 valence electrons. The van der Waals surface area contributed by atoms with Crippen LogP contribution in [0.5, 0.6) is 0 Å². The predicted molar refractivity (Wildman–Crippen MR) is 64.3 cm³/mol. The normalized spacial score (nSPS) is 26.9. The van der Waals surface area contributed by atoms with Crippen LogP contribution in [0.1, 0.15) is 25.7 Å². The summed E-state index contributed by atoms with van der Waals surface area (Å²) in [5.74, 6) is 0.990. The minimum Gasteiger partial charge on any atom is -0.344 e. The molecule has 0 bridgehead atoms. The molecular formula is C12H23N3O. The van der Waals surface area contributed by atoms with Crippen molar-refractivity contribution in [2.75, 3.05) is 33.2 Å². The van der Waals surface area contributed by atoms with Crippen molar-refractivity contribution >= 4 is 5.91 Å². The highest BCUT2D eigenvalue weighted by Gasteiger charge is 2.25. The van der Waals surface area contributed by atoms with Crippen molar-refractivity contribution in [3.05, 3.63) is 0 Å². The summed E-state index contributed by atoms with van der Waals surface area (Å²) in [5.41, 5.74) is 0. The fraction of sp³-hybridized carbons (Fsp3) is 0.917. The van der Waals surface area contributed by atoms with Crippen LogP contribution in [0.3, 0.4) is 0 Å². The Labute approximate surface area is 97.8 Å². The molecule has 1 saturated heterocycles. The number of likely N-dealkylation sites (N-methyl/N-ethyl adjacent to an activating group) is 1. The Balaban J connectivity index is 1.78. The van der Waals surface area contributed by atoms with Crippen LogP contribution in [0.25, 0.3) is 0 Å². The minimum absolute atomic E-state index is 0.0137. The Bertz CT molecular complexity index is 232. The number of hydrogen-bond donors (Lipinski definition) is 2. The first-order chi connectivity index (χ1) is 7.77. The van der Waals surface area contributed by atoms with Gasteiger partial charge in [0.1, 0.15) is 0 Å². The van der Waals surface area contributed by atoms with E-state index in [2.05, 4.69) is 10.6 Å². The maximum atomic E-state index is 12.1. The second-order valence-corrected chi connectivity index (χ2v) is 5.08. The van der Waals surface area contributed by atoms with E-state index in [9.17, 15) is 4.79 Å². The molecule has 0 radical (unpaired) electrons. The molecule has 4 heteroatoms. The van der Waals surface area contributed by atoms with Crippen molar-refractivity contribution in [1.82, 2.24) is 15.5 Å². The third-order valence-electron chi connectivity index (χ3n) is 3.72. The first-order valence-corrected chi connectivity index (χ1v) is 6.46. The number of piperazine rings is 1. The largest absolute Gasteiger partial charge is 0.344 e. The number of amides is 1. The molecule has 1 unspecified atom stereocenters. The molecule has 1 aliphatic heterocycles. The number of rotatable bonds is 3. The monoisotopic (exact) mass is 225 g/mol. The van der Waals surface area contributed by atoms with Gasteiger partial charge in [0.2, 0.25) is 5.91 Å². The number of hydrogen-bond acceptors (Lipinski definition) is 3. The van der Waals surface area contributed by atoms with Crippen LogP contribution in [0.2, 0.25) is 0 Å². The molecule has 1 amide bonds. The lowest BCUT2D eigenvalue weighted by Crippen LogP contribution is -2.56. The number of carbonyl (C=O) groups excluding carboxylic acids is 1. The molecule has 1 aliphatic carbocycles. The van der Waals surface area contributed by atoms with Gasteiger partial charge in [-0.15, -0.1) is 0 Å². The molecule has 2 N–H and O–H groups in total. The van der Waals surface area contributed by atoms with Crippen LogP contribution in [-0.4, -0.2) is 50.1 Å². The van der Waals surface area contributed by atoms with Gasteiger partial charge in [-0.1, -0.05) is 12.8 Å². The molecule has 0 spiro atoms. The van der Waals surface area contributed by atoms with Gasteiger partial charge in [0.25, 0.3) is 0 Å². The smallest absolute Gasteiger partial charge is 0.240 e. The molecular weight excluding hydrogens is 202 g/mol. The van der Waals surface area contributed by atoms with Crippen molar-refractivity contribution in [2.45, 2.75) is 31.7 Å². The zero-order valence-electron chi connectivity index (χ0n) is 10.2. The highest BCUT2D eigenvalue weighted by Crippen LogP contribution is 2.25. The molecule has 4 nitrogen and oxygen atoms in total. The predicted octanol–water partition coefficient (Wildman–Crippen LogP) is 0.196. The fourth-order valence-corrected chi connectivity index (χ4v) is 2.76. The van der Waals surface area contributed by atoms with Crippen LogP contribution < -0.4 is 10.6 Å². The van der Waals surface area contributed by atoms with Crippen molar-refractivity contribution in [2.24, 2.45) is 5.92 Å². The molecule has 0 aromatic carbocycles. The van der Waals surface area contributed by atoms with E-state index in [0.29, 0.717) is 0 Å². The van der Waals surface area contributed by atoms with Gasteiger partial charge < -0.3 is 15.5 Å². The third-order valence-corrected chi connectivity index (χ3v) is 3.72. The third kappa shape index (κ3) is 2.95. The topological polar surface area (TPSA) is 44.4 Å². The quantitative estimate of drug-likeness (QED) is 0.721. The Kier molecular flexibility index (Phi) is 4.18. The van der Waals surface area contributed by atoms with Gasteiger partial charge in [0.15, 0.2) is 0 Å². The molecule has 1 atom stereocenters. The van der Waals surface area contributed by atoms with Crippen molar-refractivity contribution < 1.29 is 4.79 Å². The SMILES string of the molecule is CN(CC1CCCC1)C(=O)C1CNCCN1. The fourth-order valence-electron chi connectivity index (χ4n) is 2.76. The summed E-state index contributed by atoms with van der Waals surface area (Å²) < 4.78 is 0. The molecule has 1 heterocycles. The van der Waals surface area contributed by atoms with E-state index in [1.54, 1.807) is 0 Å². The first kappa shape index (κ1) is 11.9. The van der Waals surface area contributed by atoms with Crippen LogP contribution in [0.15, 0.2) is 0 Å². The first-order valence-electron chi connectivity index (χ1n) is 6.46. The highest BCUT2D eigenvalue weighted by atomic mass is 16.2. The van der Waals surface area contributed by atoms with Crippen molar-refractivity contribution in [3.8, 4) is 0 Å². The molecule has 0 aromatic rings. The molecule has 0 aromatic heterocycles. The van der Waals surface area contributed by atoms with Crippen LogP contribution in [-0.2, 0) is 4.79 Å². The van der Waals surface area contributed by atoms with E-state index in [1.165, 1.54) is 25.7 Å². The van der Waals surface area contributed by atoms with Crippen LogP contribution >= 0.6 is 0 Å². The minimum atomic E-state index is -0.0137. The van der Waals surface area contributed by atoms with E-state index >= 15 is 0 Å². The number of nitrogens with one attached hydrogen (secondary N) is 2. The zero-order valence-corrected chi connectivity index (χ0v) is 10.2. The van der Waals surface area contributed by atoms with E-state index < -0.39 is 0 Å². The van der Waals surface area contributed by atoms with Gasteiger partial charge in [-0.25, -0.2) is 0 Å². The van der Waals surface area contributed by atoms with Gasteiger partial charge in [0, 0.05) is 33.2 Å². The lowest BCUT2D eigenvalue weighted by Gasteiger charge is -2.29. The molecule has 1 saturated carbocycles. The summed E-state index contributed by atoms with van der Waals surface area (Å²) in [5, 5.41) is 6.53. The van der Waals surface area contributed by atoms with Gasteiger partial charge in [-0.05, 0) is 18.8 Å². The van der Waals surface area contributed by atoms with E-state index in [-0.39, 0.29) is 11.9 Å². The maximum absolute atomic E-state index is 12.1. The maximum Gasteiger partial charge on any atom is 0.240 e. The molecule has 2 fully saturated rings. The Morgan fingerprint density at radius 2 is 2.06 bits per heavy atom. The number of nitrogens with zero attached hydrogens (tertiary/aromatic N) is 1. The summed E-state index contributed by atoms with van der Waals surface area (Å²) >= 11 is 0. The Hall–Kier alpha value is -0.610. The second-order valence-electron chi connectivity index (χ2n) is 5.08. The lowest BCUT2D eigenvalue weighted by molar-refractivity contribution is -0.132. The van der Waals surface area contributed by atoms with Crippen molar-refractivity contribution in [1.29, 1.82) is 0 Å². The average molecular weight is 225 g/mol. The highest BCUT2D eigenvalue weighted by molar-refractivity contribution is 5.82. The molecule has 16 heavy (non-hydrogen) atoms. The van der Waals surface area contributed by atoms with Crippen LogP contribution in [0, 0.1) is 5.92 Å². The number of carbonyl (C=O) groups is 1. The summed E-state index contributed by atoms with van der Waals surface area (Å²) in [4.78, 5) is 14.0. The molecule has 2 aliphatic rings. The van der Waals surface area contributed by atoms with Crippen molar-refractivity contribution in [3.63, 3.8) is 0 Å². The van der Waals surface area contributed by atoms with Gasteiger partial charge >= 0.3 is 0 Å². The second kappa shape index (κ2) is 5.64. The zero-order chi connectivity index (χ0) is 11.4.